The number of hydrogen-bond donors (Lipinski definition) is 2. The Morgan fingerprint density at radius 1 is 1.40 bits per heavy atom. The van der Waals surface area contributed by atoms with Gasteiger partial charge >= 0.3 is 0 Å². The van der Waals surface area contributed by atoms with E-state index >= 15 is 0 Å². The molecule has 0 spiro atoms. The third-order valence-corrected chi connectivity index (χ3v) is 2.68. The van der Waals surface area contributed by atoms with E-state index in [4.69, 9.17) is 5.26 Å². The molecule has 0 radical (unpaired) electrons. The van der Waals surface area contributed by atoms with Crippen LogP contribution in [0.1, 0.15) is 15.9 Å². The van der Waals surface area contributed by atoms with Crippen LogP contribution in [0.25, 0.3) is 0 Å². The van der Waals surface area contributed by atoms with E-state index < -0.39 is 5.82 Å². The first-order valence-corrected chi connectivity index (χ1v) is 5.78. The molecule has 0 bridgehead atoms. The molecule has 5 nitrogen and oxygen atoms in total. The number of anilines is 2. The number of nitrogens with one attached hydrogen (secondary N) is 2. The zero-order chi connectivity index (χ0) is 14.5. The predicted molar refractivity (Wildman–Crippen MR) is 72.9 cm³/mol. The number of nitrogens with zero attached hydrogens (tertiary/aromatic N) is 2. The molecule has 0 saturated carbocycles. The fourth-order valence-corrected chi connectivity index (χ4v) is 1.68. The van der Waals surface area contributed by atoms with Crippen molar-refractivity contribution in [2.45, 2.75) is 0 Å². The molecule has 2 rings (SSSR count). The number of aromatic nitrogens is 1. The molecular weight excluding hydrogens is 259 g/mol. The summed E-state index contributed by atoms with van der Waals surface area (Å²) in [5.41, 5.74) is 1.22. The smallest absolute Gasteiger partial charge is 0.257 e. The lowest BCUT2D eigenvalue weighted by Gasteiger charge is -2.09. The summed E-state index contributed by atoms with van der Waals surface area (Å²) in [6, 6.07) is 7.11. The molecule has 0 saturated heterocycles. The lowest BCUT2D eigenvalue weighted by molar-refractivity contribution is 0.102. The van der Waals surface area contributed by atoms with E-state index in [1.54, 1.807) is 19.2 Å². The molecule has 0 aliphatic heterocycles. The molecule has 1 amide bonds. The molecule has 1 heterocycles. The SMILES string of the molecule is CNc1cnccc1C(=O)Nc1ccc(F)c(C#N)c1. The Balaban J connectivity index is 2.26. The lowest BCUT2D eigenvalue weighted by atomic mass is 10.1. The Morgan fingerprint density at radius 2 is 2.20 bits per heavy atom. The Bertz CT molecular complexity index is 694. The zero-order valence-corrected chi connectivity index (χ0v) is 10.6. The molecule has 2 N–H and O–H groups in total. The van der Waals surface area contributed by atoms with Crippen molar-refractivity contribution in [3.63, 3.8) is 0 Å². The van der Waals surface area contributed by atoms with Gasteiger partial charge in [-0.05, 0) is 24.3 Å². The highest BCUT2D eigenvalue weighted by atomic mass is 19.1. The number of amides is 1. The van der Waals surface area contributed by atoms with Crippen molar-refractivity contribution in [1.29, 1.82) is 5.26 Å². The normalized spacial score (nSPS) is 9.65. The summed E-state index contributed by atoms with van der Waals surface area (Å²) in [7, 11) is 1.68. The number of halogens is 1. The number of pyridine rings is 1. The first-order chi connectivity index (χ1) is 9.65. The maximum absolute atomic E-state index is 13.2. The van der Waals surface area contributed by atoms with Crippen LogP contribution in [0.5, 0.6) is 0 Å². The van der Waals surface area contributed by atoms with Crippen molar-refractivity contribution in [3.8, 4) is 6.07 Å². The summed E-state index contributed by atoms with van der Waals surface area (Å²) in [5, 5.41) is 14.2. The van der Waals surface area contributed by atoms with Gasteiger partial charge in [-0.25, -0.2) is 4.39 Å². The zero-order valence-electron chi connectivity index (χ0n) is 10.6. The summed E-state index contributed by atoms with van der Waals surface area (Å²) in [6.07, 6.45) is 3.03. The Labute approximate surface area is 115 Å². The second-order valence-corrected chi connectivity index (χ2v) is 3.93. The Kier molecular flexibility index (Phi) is 3.91. The summed E-state index contributed by atoms with van der Waals surface area (Å²) in [6.45, 7) is 0. The van der Waals surface area contributed by atoms with E-state index in [1.807, 2.05) is 0 Å². The van der Waals surface area contributed by atoms with Crippen LogP contribution >= 0.6 is 0 Å². The van der Waals surface area contributed by atoms with Gasteiger partial charge in [0.1, 0.15) is 11.9 Å². The highest BCUT2D eigenvalue weighted by Crippen LogP contribution is 2.17. The molecule has 0 unspecified atom stereocenters. The second-order valence-electron chi connectivity index (χ2n) is 3.93. The Morgan fingerprint density at radius 3 is 2.90 bits per heavy atom. The molecule has 0 aliphatic rings. The Hall–Kier alpha value is -2.94. The number of hydrogen-bond acceptors (Lipinski definition) is 4. The molecule has 0 fully saturated rings. The van der Waals surface area contributed by atoms with Crippen LogP contribution in [0, 0.1) is 17.1 Å². The van der Waals surface area contributed by atoms with Gasteiger partial charge < -0.3 is 10.6 Å². The maximum atomic E-state index is 13.2. The third-order valence-electron chi connectivity index (χ3n) is 2.68. The van der Waals surface area contributed by atoms with Crippen LogP contribution in [0.4, 0.5) is 15.8 Å². The van der Waals surface area contributed by atoms with Gasteiger partial charge in [0.15, 0.2) is 0 Å². The average molecular weight is 270 g/mol. The minimum absolute atomic E-state index is 0.119. The standard InChI is InChI=1S/C14H11FN4O/c1-17-13-8-18-5-4-11(13)14(20)19-10-2-3-12(15)9(6-10)7-16/h2-6,8,17H,1H3,(H,19,20). The van der Waals surface area contributed by atoms with Gasteiger partial charge in [0.2, 0.25) is 0 Å². The van der Waals surface area contributed by atoms with Crippen molar-refractivity contribution in [2.75, 3.05) is 17.7 Å². The van der Waals surface area contributed by atoms with Gasteiger partial charge in [-0.3, -0.25) is 9.78 Å². The molecule has 20 heavy (non-hydrogen) atoms. The second kappa shape index (κ2) is 5.80. The molecular formula is C14H11FN4O. The van der Waals surface area contributed by atoms with Crippen molar-refractivity contribution in [1.82, 2.24) is 4.98 Å². The summed E-state index contributed by atoms with van der Waals surface area (Å²) in [4.78, 5) is 16.0. The van der Waals surface area contributed by atoms with E-state index in [1.165, 1.54) is 24.5 Å². The number of rotatable bonds is 3. The van der Waals surface area contributed by atoms with Gasteiger partial charge in [-0.1, -0.05) is 0 Å². The van der Waals surface area contributed by atoms with Crippen molar-refractivity contribution < 1.29 is 9.18 Å². The molecule has 2 aromatic rings. The molecule has 1 aromatic carbocycles. The number of nitriles is 1. The maximum Gasteiger partial charge on any atom is 0.257 e. The topological polar surface area (TPSA) is 77.8 Å². The van der Waals surface area contributed by atoms with Crippen LogP contribution in [-0.2, 0) is 0 Å². The predicted octanol–water partition coefficient (Wildman–Crippen LogP) is 2.39. The number of carbonyl (C=O) groups excluding carboxylic acids is 1. The summed E-state index contributed by atoms with van der Waals surface area (Å²) < 4.78 is 13.2. The van der Waals surface area contributed by atoms with Crippen molar-refractivity contribution >= 4 is 17.3 Å². The quantitative estimate of drug-likeness (QED) is 0.897. The third kappa shape index (κ3) is 2.72. The van der Waals surface area contributed by atoms with Gasteiger partial charge in [-0.15, -0.1) is 0 Å². The van der Waals surface area contributed by atoms with Gasteiger partial charge in [0.05, 0.1) is 23.0 Å². The van der Waals surface area contributed by atoms with Crippen LogP contribution in [-0.4, -0.2) is 17.9 Å². The molecule has 0 atom stereocenters. The minimum atomic E-state index is -0.620. The lowest BCUT2D eigenvalue weighted by Crippen LogP contribution is -2.14. The van der Waals surface area contributed by atoms with Gasteiger partial charge in [-0.2, -0.15) is 5.26 Å². The number of carbonyl (C=O) groups is 1. The van der Waals surface area contributed by atoms with E-state index in [2.05, 4.69) is 15.6 Å². The van der Waals surface area contributed by atoms with Crippen LogP contribution in [0.15, 0.2) is 36.7 Å². The summed E-state index contributed by atoms with van der Waals surface area (Å²) >= 11 is 0. The fraction of sp³-hybridized carbons (Fsp3) is 0.0714. The fourth-order valence-electron chi connectivity index (χ4n) is 1.68. The van der Waals surface area contributed by atoms with Gasteiger partial charge in [0, 0.05) is 18.9 Å². The highest BCUT2D eigenvalue weighted by Gasteiger charge is 2.11. The van der Waals surface area contributed by atoms with E-state index in [-0.39, 0.29) is 11.5 Å². The highest BCUT2D eigenvalue weighted by molar-refractivity contribution is 6.07. The largest absolute Gasteiger partial charge is 0.386 e. The van der Waals surface area contributed by atoms with Crippen molar-refractivity contribution in [2.24, 2.45) is 0 Å². The van der Waals surface area contributed by atoms with E-state index in [0.717, 1.165) is 6.07 Å². The monoisotopic (exact) mass is 270 g/mol. The van der Waals surface area contributed by atoms with E-state index in [9.17, 15) is 9.18 Å². The van der Waals surface area contributed by atoms with Crippen LogP contribution in [0.3, 0.4) is 0 Å². The molecule has 100 valence electrons. The van der Waals surface area contributed by atoms with E-state index in [0.29, 0.717) is 16.9 Å². The van der Waals surface area contributed by atoms with Crippen LogP contribution in [0.2, 0.25) is 0 Å². The van der Waals surface area contributed by atoms with Gasteiger partial charge in [0.25, 0.3) is 5.91 Å². The molecule has 6 heteroatoms. The van der Waals surface area contributed by atoms with Crippen LogP contribution < -0.4 is 10.6 Å². The summed E-state index contributed by atoms with van der Waals surface area (Å²) in [5.74, 6) is -0.988. The number of benzene rings is 1. The molecule has 1 aromatic heterocycles. The minimum Gasteiger partial charge on any atom is -0.386 e. The first-order valence-electron chi connectivity index (χ1n) is 5.78. The first kappa shape index (κ1) is 13.5. The molecule has 0 aliphatic carbocycles. The average Bonchev–Trinajstić information content (AvgIpc) is 2.49. The van der Waals surface area contributed by atoms with Crippen molar-refractivity contribution in [3.05, 3.63) is 53.6 Å².